The fraction of sp³-hybridized carbons (Fsp3) is 0.400. The van der Waals surface area contributed by atoms with Gasteiger partial charge in [-0.25, -0.2) is 0 Å². The molecule has 0 saturated carbocycles. The molecule has 3 aromatic rings. The molecule has 0 atom stereocenters. The van der Waals surface area contributed by atoms with E-state index in [1.807, 2.05) is 78.2 Å². The number of amides is 2. The van der Waals surface area contributed by atoms with Crippen LogP contribution in [0.4, 0.5) is 0 Å². The highest BCUT2D eigenvalue weighted by Gasteiger charge is 2.25. The number of carbonyl (C=O) groups is 2. The zero-order valence-electron chi connectivity index (χ0n) is 20.2. The Hall–Kier alpha value is -3.24. The van der Waals surface area contributed by atoms with Crippen molar-refractivity contribution in [1.29, 1.82) is 0 Å². The lowest BCUT2D eigenvalue weighted by molar-refractivity contribution is -0.132. The average molecular weight is 494 g/mol. The number of carbonyl (C=O) groups excluding carboxylic acids is 2. The first-order valence-electron chi connectivity index (χ1n) is 11.9. The Bertz CT molecular complexity index is 1130. The largest absolute Gasteiger partial charge is 0.342 e. The second-order valence-electron chi connectivity index (χ2n) is 8.26. The van der Waals surface area contributed by atoms with Gasteiger partial charge in [-0.3, -0.25) is 14.5 Å². The maximum absolute atomic E-state index is 13.4. The molecule has 2 amide bonds. The quantitative estimate of drug-likeness (QED) is 0.424. The molecular formula is C25H31N7O2S. The zero-order chi connectivity index (χ0) is 24.6. The molecule has 0 aliphatic carbocycles. The average Bonchev–Trinajstić information content (AvgIpc) is 3.38. The Kier molecular flexibility index (Phi) is 8.49. The van der Waals surface area contributed by atoms with Crippen LogP contribution >= 0.6 is 11.8 Å². The van der Waals surface area contributed by atoms with Gasteiger partial charge in [-0.05, 0) is 48.5 Å². The van der Waals surface area contributed by atoms with E-state index < -0.39 is 0 Å². The van der Waals surface area contributed by atoms with E-state index in [2.05, 4.69) is 20.4 Å². The fourth-order valence-corrected chi connectivity index (χ4v) is 5.07. The minimum Gasteiger partial charge on any atom is -0.342 e. The molecule has 0 spiro atoms. The van der Waals surface area contributed by atoms with Crippen molar-refractivity contribution in [2.45, 2.75) is 24.5 Å². The highest BCUT2D eigenvalue weighted by Crippen LogP contribution is 2.27. The molecule has 1 aliphatic heterocycles. The van der Waals surface area contributed by atoms with E-state index in [9.17, 15) is 9.59 Å². The number of thioether (sulfide) groups is 1. The van der Waals surface area contributed by atoms with Gasteiger partial charge in [-0.15, -0.1) is 16.9 Å². The van der Waals surface area contributed by atoms with E-state index in [1.165, 1.54) is 0 Å². The highest BCUT2D eigenvalue weighted by molar-refractivity contribution is 7.98. The molecule has 1 fully saturated rings. The van der Waals surface area contributed by atoms with Crippen molar-refractivity contribution in [1.82, 2.24) is 34.9 Å². The number of nitrogens with zero attached hydrogens (tertiary/aromatic N) is 7. The maximum Gasteiger partial charge on any atom is 0.255 e. The van der Waals surface area contributed by atoms with Crippen LogP contribution in [-0.2, 0) is 10.5 Å². The predicted octanol–water partition coefficient (Wildman–Crippen LogP) is 2.58. The Morgan fingerprint density at radius 1 is 0.943 bits per heavy atom. The Labute approximate surface area is 210 Å². The first-order valence-corrected chi connectivity index (χ1v) is 12.9. The summed E-state index contributed by atoms with van der Waals surface area (Å²) in [5, 5.41) is 12.1. The standard InChI is InChI=1S/C25H31N7O2S/c1-3-30(4-2)24(33)18-29-14-16-31(17-15-29)25(34)21-12-8-9-13-22(21)35-19-23-26-27-28-32(23)20-10-6-5-7-11-20/h5-13H,3-4,14-19H2,1-2H3. The second kappa shape index (κ2) is 11.9. The third-order valence-electron chi connectivity index (χ3n) is 6.14. The van der Waals surface area contributed by atoms with Crippen molar-refractivity contribution in [2.75, 3.05) is 45.8 Å². The molecule has 1 saturated heterocycles. The van der Waals surface area contributed by atoms with Gasteiger partial charge in [0, 0.05) is 44.2 Å². The van der Waals surface area contributed by atoms with Gasteiger partial charge in [0.05, 0.1) is 23.5 Å². The normalized spacial score (nSPS) is 14.2. The van der Waals surface area contributed by atoms with Crippen molar-refractivity contribution in [2.24, 2.45) is 0 Å². The van der Waals surface area contributed by atoms with Gasteiger partial charge in [0.2, 0.25) is 5.91 Å². The van der Waals surface area contributed by atoms with Crippen LogP contribution in [0, 0.1) is 0 Å². The lowest BCUT2D eigenvalue weighted by Crippen LogP contribution is -2.51. The number of hydrogen-bond donors (Lipinski definition) is 0. The van der Waals surface area contributed by atoms with Gasteiger partial charge in [0.15, 0.2) is 5.82 Å². The summed E-state index contributed by atoms with van der Waals surface area (Å²) in [6.07, 6.45) is 0. The van der Waals surface area contributed by atoms with Crippen molar-refractivity contribution < 1.29 is 9.59 Å². The minimum absolute atomic E-state index is 0.0190. The van der Waals surface area contributed by atoms with Crippen LogP contribution < -0.4 is 0 Å². The van der Waals surface area contributed by atoms with Crippen molar-refractivity contribution in [3.05, 3.63) is 66.0 Å². The summed E-state index contributed by atoms with van der Waals surface area (Å²) in [6.45, 7) is 8.45. The number of benzene rings is 2. The summed E-state index contributed by atoms with van der Waals surface area (Å²) in [5.41, 5.74) is 1.58. The molecule has 184 valence electrons. The van der Waals surface area contributed by atoms with Crippen molar-refractivity contribution in [3.8, 4) is 5.69 Å². The monoisotopic (exact) mass is 493 g/mol. The van der Waals surface area contributed by atoms with Crippen LogP contribution in [0.1, 0.15) is 30.0 Å². The first-order chi connectivity index (χ1) is 17.1. The van der Waals surface area contributed by atoms with Gasteiger partial charge in [-0.1, -0.05) is 30.3 Å². The lowest BCUT2D eigenvalue weighted by atomic mass is 10.2. The SMILES string of the molecule is CCN(CC)C(=O)CN1CCN(C(=O)c2ccccc2SCc2nnnn2-c2ccccc2)CC1. The molecule has 1 aromatic heterocycles. The number of para-hydroxylation sites is 1. The van der Waals surface area contributed by atoms with Crippen LogP contribution in [0.2, 0.25) is 0 Å². The molecule has 0 bridgehead atoms. The van der Waals surface area contributed by atoms with Crippen LogP contribution in [0.5, 0.6) is 0 Å². The van der Waals surface area contributed by atoms with E-state index >= 15 is 0 Å². The van der Waals surface area contributed by atoms with Crippen LogP contribution in [0.15, 0.2) is 59.5 Å². The van der Waals surface area contributed by atoms with Gasteiger partial charge >= 0.3 is 0 Å². The summed E-state index contributed by atoms with van der Waals surface area (Å²) >= 11 is 1.55. The van der Waals surface area contributed by atoms with Gasteiger partial charge < -0.3 is 9.80 Å². The predicted molar refractivity (Wildman–Crippen MR) is 135 cm³/mol. The van der Waals surface area contributed by atoms with E-state index in [0.29, 0.717) is 44.0 Å². The van der Waals surface area contributed by atoms with Crippen molar-refractivity contribution >= 4 is 23.6 Å². The molecule has 0 unspecified atom stereocenters. The number of likely N-dealkylation sites (N-methyl/N-ethyl adjacent to an activating group) is 1. The molecule has 35 heavy (non-hydrogen) atoms. The number of tetrazole rings is 1. The Morgan fingerprint density at radius 2 is 1.63 bits per heavy atom. The number of piperazine rings is 1. The zero-order valence-corrected chi connectivity index (χ0v) is 21.0. The van der Waals surface area contributed by atoms with Gasteiger partial charge in [-0.2, -0.15) is 4.68 Å². The second-order valence-corrected chi connectivity index (χ2v) is 9.28. The summed E-state index contributed by atoms with van der Waals surface area (Å²) in [6, 6.07) is 17.4. The fourth-order valence-electron chi connectivity index (χ4n) is 4.12. The van der Waals surface area contributed by atoms with Gasteiger partial charge in [0.25, 0.3) is 5.91 Å². The maximum atomic E-state index is 13.4. The molecule has 0 radical (unpaired) electrons. The summed E-state index contributed by atoms with van der Waals surface area (Å²) in [4.78, 5) is 32.6. The van der Waals surface area contributed by atoms with E-state index in [-0.39, 0.29) is 11.8 Å². The molecule has 0 N–H and O–H groups in total. The third kappa shape index (κ3) is 6.07. The third-order valence-corrected chi connectivity index (χ3v) is 7.21. The summed E-state index contributed by atoms with van der Waals surface area (Å²) < 4.78 is 1.72. The Balaban J connectivity index is 1.37. The molecule has 4 rings (SSSR count). The molecule has 2 heterocycles. The summed E-state index contributed by atoms with van der Waals surface area (Å²) in [7, 11) is 0. The van der Waals surface area contributed by atoms with Gasteiger partial charge in [0.1, 0.15) is 0 Å². The van der Waals surface area contributed by atoms with E-state index in [4.69, 9.17) is 0 Å². The smallest absolute Gasteiger partial charge is 0.255 e. The summed E-state index contributed by atoms with van der Waals surface area (Å²) in [5.74, 6) is 1.42. The van der Waals surface area contributed by atoms with Crippen LogP contribution in [0.3, 0.4) is 0 Å². The topological polar surface area (TPSA) is 87.5 Å². The van der Waals surface area contributed by atoms with E-state index in [1.54, 1.807) is 16.4 Å². The van der Waals surface area contributed by atoms with Crippen LogP contribution in [-0.4, -0.2) is 92.5 Å². The molecule has 10 heteroatoms. The number of aromatic nitrogens is 4. The first kappa shape index (κ1) is 24.9. The molecular weight excluding hydrogens is 462 g/mol. The molecule has 1 aliphatic rings. The molecule has 2 aromatic carbocycles. The lowest BCUT2D eigenvalue weighted by Gasteiger charge is -2.35. The Morgan fingerprint density at radius 3 is 2.34 bits per heavy atom. The van der Waals surface area contributed by atoms with Crippen LogP contribution in [0.25, 0.3) is 5.69 Å². The number of rotatable bonds is 9. The van der Waals surface area contributed by atoms with Crippen molar-refractivity contribution in [3.63, 3.8) is 0 Å². The molecule has 9 nitrogen and oxygen atoms in total. The number of hydrogen-bond acceptors (Lipinski definition) is 7. The highest BCUT2D eigenvalue weighted by atomic mass is 32.2. The van der Waals surface area contributed by atoms with E-state index in [0.717, 1.165) is 29.5 Å². The minimum atomic E-state index is 0.0190.